The molecular weight excluding hydrogens is 200 g/mol. The number of fused-ring (bicyclic) bond motifs is 5. The van der Waals surface area contributed by atoms with Crippen molar-refractivity contribution in [2.24, 2.45) is 29.1 Å². The summed E-state index contributed by atoms with van der Waals surface area (Å²) in [5.41, 5.74) is 0.508. The van der Waals surface area contributed by atoms with Gasteiger partial charge in [-0.05, 0) is 74.0 Å². The van der Waals surface area contributed by atoms with Gasteiger partial charge in [0, 0.05) is 13.2 Å². The molecule has 3 rings (SSSR count). The van der Waals surface area contributed by atoms with Crippen LogP contribution < -0.4 is 0 Å². The van der Waals surface area contributed by atoms with Gasteiger partial charge in [-0.25, -0.2) is 0 Å². The van der Waals surface area contributed by atoms with E-state index in [1.165, 1.54) is 32.1 Å². The van der Waals surface area contributed by atoms with Gasteiger partial charge in [-0.3, -0.25) is 0 Å². The zero-order chi connectivity index (χ0) is 11.2. The SMILES string of the molecule is OCCC1CCC2C1C1CCC2(CCO)C1. The number of aliphatic hydroxyl groups is 2. The lowest BCUT2D eigenvalue weighted by Crippen LogP contribution is -2.30. The molecule has 0 aromatic rings. The van der Waals surface area contributed by atoms with Crippen LogP contribution in [-0.2, 0) is 0 Å². The fourth-order valence-electron chi connectivity index (χ4n) is 5.54. The molecule has 0 aromatic carbocycles. The van der Waals surface area contributed by atoms with Crippen LogP contribution in [0.2, 0.25) is 0 Å². The van der Waals surface area contributed by atoms with Gasteiger partial charge in [-0.2, -0.15) is 0 Å². The van der Waals surface area contributed by atoms with Gasteiger partial charge in [0.2, 0.25) is 0 Å². The molecule has 92 valence electrons. The maximum Gasteiger partial charge on any atom is 0.0436 e. The zero-order valence-corrected chi connectivity index (χ0v) is 10.1. The highest BCUT2D eigenvalue weighted by atomic mass is 16.3. The Morgan fingerprint density at radius 2 is 1.94 bits per heavy atom. The summed E-state index contributed by atoms with van der Waals surface area (Å²) in [4.78, 5) is 0. The minimum atomic E-state index is 0.369. The summed E-state index contributed by atoms with van der Waals surface area (Å²) in [7, 11) is 0. The van der Waals surface area contributed by atoms with Crippen molar-refractivity contribution in [2.45, 2.75) is 44.9 Å². The molecule has 2 nitrogen and oxygen atoms in total. The van der Waals surface area contributed by atoms with Gasteiger partial charge < -0.3 is 10.2 Å². The second kappa shape index (κ2) is 3.99. The standard InChI is InChI=1S/C14H24O2/c15-7-4-10-1-2-12-13(10)11-3-5-14(12,9-11)6-8-16/h10-13,15-16H,1-9H2. The summed E-state index contributed by atoms with van der Waals surface area (Å²) in [6.45, 7) is 0.744. The summed E-state index contributed by atoms with van der Waals surface area (Å²) < 4.78 is 0. The predicted octanol–water partition coefficient (Wildman–Crippen LogP) is 2.19. The summed E-state index contributed by atoms with van der Waals surface area (Å²) in [5, 5.41) is 18.4. The molecule has 0 heterocycles. The molecule has 0 saturated heterocycles. The third-order valence-electron chi connectivity index (χ3n) is 5.98. The van der Waals surface area contributed by atoms with Crippen LogP contribution in [0.5, 0.6) is 0 Å². The summed E-state index contributed by atoms with van der Waals surface area (Å²) in [6.07, 6.45) is 8.90. The molecule has 3 saturated carbocycles. The van der Waals surface area contributed by atoms with Crippen LogP contribution in [0.1, 0.15) is 44.9 Å². The fraction of sp³-hybridized carbons (Fsp3) is 1.00. The second-order valence-corrected chi connectivity index (χ2v) is 6.37. The lowest BCUT2D eigenvalue weighted by atomic mass is 9.68. The van der Waals surface area contributed by atoms with Crippen molar-refractivity contribution >= 4 is 0 Å². The zero-order valence-electron chi connectivity index (χ0n) is 10.1. The van der Waals surface area contributed by atoms with E-state index in [0.717, 1.165) is 36.5 Å². The Labute approximate surface area is 98.1 Å². The first kappa shape index (κ1) is 11.0. The van der Waals surface area contributed by atoms with Gasteiger partial charge in [0.15, 0.2) is 0 Å². The van der Waals surface area contributed by atoms with E-state index in [4.69, 9.17) is 5.11 Å². The number of hydrogen-bond donors (Lipinski definition) is 2. The Morgan fingerprint density at radius 3 is 2.69 bits per heavy atom. The Hall–Kier alpha value is -0.0800. The molecule has 2 heteroatoms. The summed E-state index contributed by atoms with van der Waals surface area (Å²) in [6, 6.07) is 0. The van der Waals surface area contributed by atoms with Gasteiger partial charge in [-0.1, -0.05) is 0 Å². The van der Waals surface area contributed by atoms with Crippen molar-refractivity contribution in [1.29, 1.82) is 0 Å². The van der Waals surface area contributed by atoms with Crippen LogP contribution in [0.4, 0.5) is 0 Å². The number of rotatable bonds is 4. The van der Waals surface area contributed by atoms with Gasteiger partial charge >= 0.3 is 0 Å². The molecular formula is C14H24O2. The van der Waals surface area contributed by atoms with Crippen molar-refractivity contribution in [3.05, 3.63) is 0 Å². The van der Waals surface area contributed by atoms with E-state index < -0.39 is 0 Å². The second-order valence-electron chi connectivity index (χ2n) is 6.37. The fourth-order valence-corrected chi connectivity index (χ4v) is 5.54. The van der Waals surface area contributed by atoms with E-state index in [2.05, 4.69) is 0 Å². The monoisotopic (exact) mass is 224 g/mol. The minimum absolute atomic E-state index is 0.369. The molecule has 5 unspecified atom stereocenters. The third kappa shape index (κ3) is 1.39. The van der Waals surface area contributed by atoms with Gasteiger partial charge in [-0.15, -0.1) is 0 Å². The normalized spacial score (nSPS) is 49.9. The van der Waals surface area contributed by atoms with Gasteiger partial charge in [0.25, 0.3) is 0 Å². The van der Waals surface area contributed by atoms with Crippen molar-refractivity contribution in [3.63, 3.8) is 0 Å². The van der Waals surface area contributed by atoms with Gasteiger partial charge in [0.05, 0.1) is 0 Å². The number of aliphatic hydroxyl groups excluding tert-OH is 2. The molecule has 5 atom stereocenters. The first-order valence-corrected chi connectivity index (χ1v) is 7.02. The van der Waals surface area contributed by atoms with E-state index in [1.807, 2.05) is 0 Å². The van der Waals surface area contributed by atoms with Crippen molar-refractivity contribution in [1.82, 2.24) is 0 Å². The molecule has 0 spiro atoms. The molecule has 0 radical (unpaired) electrons. The minimum Gasteiger partial charge on any atom is -0.396 e. The lowest BCUT2D eigenvalue weighted by Gasteiger charge is -2.37. The Morgan fingerprint density at radius 1 is 1.06 bits per heavy atom. The first-order valence-electron chi connectivity index (χ1n) is 7.02. The van der Waals surface area contributed by atoms with Crippen LogP contribution in [0, 0.1) is 29.1 Å². The maximum atomic E-state index is 9.29. The van der Waals surface area contributed by atoms with Crippen molar-refractivity contribution in [3.8, 4) is 0 Å². The quantitative estimate of drug-likeness (QED) is 0.768. The largest absolute Gasteiger partial charge is 0.396 e. The molecule has 2 bridgehead atoms. The molecule has 16 heavy (non-hydrogen) atoms. The van der Waals surface area contributed by atoms with Crippen LogP contribution in [0.15, 0.2) is 0 Å². The average molecular weight is 224 g/mol. The highest BCUT2D eigenvalue weighted by molar-refractivity contribution is 5.09. The molecule has 2 N–H and O–H groups in total. The van der Waals surface area contributed by atoms with E-state index >= 15 is 0 Å². The van der Waals surface area contributed by atoms with Crippen LogP contribution in [0.25, 0.3) is 0 Å². The van der Waals surface area contributed by atoms with E-state index in [9.17, 15) is 5.11 Å². The number of hydrogen-bond acceptors (Lipinski definition) is 2. The molecule has 0 aliphatic heterocycles. The summed E-state index contributed by atoms with van der Waals surface area (Å²) in [5.74, 6) is 3.50. The van der Waals surface area contributed by atoms with Crippen molar-refractivity contribution in [2.75, 3.05) is 13.2 Å². The molecule has 3 aliphatic carbocycles. The molecule has 3 aliphatic rings. The van der Waals surface area contributed by atoms with E-state index in [-0.39, 0.29) is 0 Å². The van der Waals surface area contributed by atoms with Gasteiger partial charge in [0.1, 0.15) is 0 Å². The topological polar surface area (TPSA) is 40.5 Å². The average Bonchev–Trinajstić information content (AvgIpc) is 2.90. The Balaban J connectivity index is 1.79. The Bertz CT molecular complexity index is 265. The predicted molar refractivity (Wildman–Crippen MR) is 62.9 cm³/mol. The third-order valence-corrected chi connectivity index (χ3v) is 5.98. The highest BCUT2D eigenvalue weighted by Gasteiger charge is 2.60. The smallest absolute Gasteiger partial charge is 0.0436 e. The molecule has 0 amide bonds. The van der Waals surface area contributed by atoms with E-state index in [1.54, 1.807) is 0 Å². The maximum absolute atomic E-state index is 9.29. The highest BCUT2D eigenvalue weighted by Crippen LogP contribution is 2.68. The molecule has 0 aromatic heterocycles. The lowest BCUT2D eigenvalue weighted by molar-refractivity contribution is 0.0948. The molecule has 3 fully saturated rings. The first-order chi connectivity index (χ1) is 7.80. The Kier molecular flexibility index (Phi) is 2.75. The van der Waals surface area contributed by atoms with Crippen LogP contribution >= 0.6 is 0 Å². The summed E-state index contributed by atoms with van der Waals surface area (Å²) >= 11 is 0. The van der Waals surface area contributed by atoms with Crippen molar-refractivity contribution < 1.29 is 10.2 Å². The van der Waals surface area contributed by atoms with E-state index in [0.29, 0.717) is 18.6 Å². The van der Waals surface area contributed by atoms with Crippen LogP contribution in [-0.4, -0.2) is 23.4 Å². The van der Waals surface area contributed by atoms with Crippen LogP contribution in [0.3, 0.4) is 0 Å².